The van der Waals surface area contributed by atoms with E-state index in [9.17, 15) is 19.2 Å². The van der Waals surface area contributed by atoms with E-state index in [1.54, 1.807) is 36.4 Å². The monoisotopic (exact) mass is 352 g/mol. The molecule has 0 aromatic heterocycles. The molecule has 132 valence electrons. The predicted octanol–water partition coefficient (Wildman–Crippen LogP) is 2.39. The molecule has 0 fully saturated rings. The van der Waals surface area contributed by atoms with E-state index in [0.717, 1.165) is 14.2 Å². The Kier molecular flexibility index (Phi) is 6.16. The van der Waals surface area contributed by atoms with Gasteiger partial charge in [-0.2, -0.15) is 0 Å². The van der Waals surface area contributed by atoms with E-state index in [4.69, 9.17) is 0 Å². The zero-order valence-electron chi connectivity index (χ0n) is 14.2. The van der Waals surface area contributed by atoms with Gasteiger partial charge in [0.1, 0.15) is 11.1 Å². The molecule has 0 spiro atoms. The first-order chi connectivity index (χ1) is 12.5. The highest BCUT2D eigenvalue weighted by Crippen LogP contribution is 2.20. The minimum atomic E-state index is -1.09. The molecule has 0 aliphatic carbocycles. The van der Waals surface area contributed by atoms with Gasteiger partial charge in [0, 0.05) is 11.1 Å². The summed E-state index contributed by atoms with van der Waals surface area (Å²) in [7, 11) is 2.12. The minimum absolute atomic E-state index is 0.134. The highest BCUT2D eigenvalue weighted by Gasteiger charge is 2.34. The van der Waals surface area contributed by atoms with Gasteiger partial charge in [0.2, 0.25) is 11.6 Å². The van der Waals surface area contributed by atoms with E-state index in [0.29, 0.717) is 0 Å². The summed E-state index contributed by atoms with van der Waals surface area (Å²) in [5.41, 5.74) is -1.07. The van der Waals surface area contributed by atoms with Crippen molar-refractivity contribution in [1.29, 1.82) is 0 Å². The van der Waals surface area contributed by atoms with Crippen molar-refractivity contribution in [2.75, 3.05) is 14.2 Å². The normalized spacial score (nSPS) is 11.2. The summed E-state index contributed by atoms with van der Waals surface area (Å²) in [6, 6.07) is 15.6. The van der Waals surface area contributed by atoms with Crippen LogP contribution in [0.3, 0.4) is 0 Å². The van der Waals surface area contributed by atoms with E-state index < -0.39 is 34.7 Å². The van der Waals surface area contributed by atoms with Crippen LogP contribution in [-0.4, -0.2) is 37.7 Å². The number of benzene rings is 2. The third-order valence-electron chi connectivity index (χ3n) is 3.56. The van der Waals surface area contributed by atoms with Crippen molar-refractivity contribution < 1.29 is 28.7 Å². The SMILES string of the molecule is COC(=O)C(C(=O)c1ccccc1)=C(C(=O)OC)C(=O)c1ccccc1. The topological polar surface area (TPSA) is 86.7 Å². The van der Waals surface area contributed by atoms with Crippen LogP contribution in [0.5, 0.6) is 0 Å². The van der Waals surface area contributed by atoms with E-state index >= 15 is 0 Å². The first kappa shape index (κ1) is 18.8. The first-order valence-electron chi connectivity index (χ1n) is 7.61. The van der Waals surface area contributed by atoms with Gasteiger partial charge < -0.3 is 9.47 Å². The predicted molar refractivity (Wildman–Crippen MR) is 92.6 cm³/mol. The third kappa shape index (κ3) is 3.92. The number of ether oxygens (including phenoxy) is 2. The lowest BCUT2D eigenvalue weighted by atomic mass is 9.93. The number of carbonyl (C=O) groups excluding carboxylic acids is 4. The second-order valence-electron chi connectivity index (χ2n) is 5.12. The largest absolute Gasteiger partial charge is 0.465 e. The Hall–Kier alpha value is -3.54. The molecule has 0 unspecified atom stereocenters. The fourth-order valence-corrected chi connectivity index (χ4v) is 2.29. The summed E-state index contributed by atoms with van der Waals surface area (Å²) in [5.74, 6) is -3.80. The van der Waals surface area contributed by atoms with E-state index in [1.165, 1.54) is 24.3 Å². The number of esters is 2. The highest BCUT2D eigenvalue weighted by atomic mass is 16.5. The summed E-state index contributed by atoms with van der Waals surface area (Å²) in [6.07, 6.45) is 0. The Morgan fingerprint density at radius 2 is 0.885 bits per heavy atom. The molecule has 0 amide bonds. The summed E-state index contributed by atoms with van der Waals surface area (Å²) in [4.78, 5) is 50.2. The van der Waals surface area contributed by atoms with Gasteiger partial charge >= 0.3 is 11.9 Å². The number of hydrogen-bond donors (Lipinski definition) is 0. The van der Waals surface area contributed by atoms with Crippen LogP contribution in [0.4, 0.5) is 0 Å². The Morgan fingerprint density at radius 3 is 1.15 bits per heavy atom. The van der Waals surface area contributed by atoms with Crippen LogP contribution in [0.25, 0.3) is 0 Å². The average molecular weight is 352 g/mol. The van der Waals surface area contributed by atoms with Crippen LogP contribution in [-0.2, 0) is 19.1 Å². The summed E-state index contributed by atoms with van der Waals surface area (Å²) < 4.78 is 9.28. The zero-order chi connectivity index (χ0) is 19.1. The standard InChI is InChI=1S/C20H16O6/c1-25-19(23)15(17(21)13-9-5-3-6-10-13)16(20(24)26-2)18(22)14-11-7-4-8-12-14/h3-12H,1-2H3. The molecule has 0 aliphatic heterocycles. The van der Waals surface area contributed by atoms with Gasteiger partial charge in [-0.15, -0.1) is 0 Å². The van der Waals surface area contributed by atoms with Crippen molar-refractivity contribution in [3.05, 3.63) is 82.9 Å². The van der Waals surface area contributed by atoms with Gasteiger partial charge in [-0.25, -0.2) is 9.59 Å². The molecule has 6 nitrogen and oxygen atoms in total. The Bertz CT molecular complexity index is 792. The van der Waals surface area contributed by atoms with Gasteiger partial charge in [0.15, 0.2) is 0 Å². The van der Waals surface area contributed by atoms with Gasteiger partial charge in [0.05, 0.1) is 14.2 Å². The second-order valence-corrected chi connectivity index (χ2v) is 5.12. The molecule has 2 aromatic rings. The van der Waals surface area contributed by atoms with Crippen molar-refractivity contribution >= 4 is 23.5 Å². The van der Waals surface area contributed by atoms with E-state index in [2.05, 4.69) is 9.47 Å². The molecule has 0 saturated heterocycles. The van der Waals surface area contributed by atoms with E-state index in [-0.39, 0.29) is 11.1 Å². The molecule has 0 radical (unpaired) electrons. The number of hydrogen-bond acceptors (Lipinski definition) is 6. The quantitative estimate of drug-likeness (QED) is 0.261. The van der Waals surface area contributed by atoms with Crippen molar-refractivity contribution in [3.63, 3.8) is 0 Å². The van der Waals surface area contributed by atoms with Crippen LogP contribution >= 0.6 is 0 Å². The van der Waals surface area contributed by atoms with Gasteiger partial charge in [-0.05, 0) is 0 Å². The fraction of sp³-hybridized carbons (Fsp3) is 0.100. The van der Waals surface area contributed by atoms with Crippen LogP contribution in [0, 0.1) is 0 Å². The number of ketones is 2. The summed E-state index contributed by atoms with van der Waals surface area (Å²) in [6.45, 7) is 0. The maximum absolute atomic E-state index is 12.8. The lowest BCUT2D eigenvalue weighted by molar-refractivity contribution is -0.138. The van der Waals surface area contributed by atoms with Gasteiger partial charge in [-0.1, -0.05) is 60.7 Å². The molecule has 0 aliphatic rings. The van der Waals surface area contributed by atoms with E-state index in [1.807, 2.05) is 0 Å². The number of methoxy groups -OCH3 is 2. The minimum Gasteiger partial charge on any atom is -0.465 e. The smallest absolute Gasteiger partial charge is 0.342 e. The van der Waals surface area contributed by atoms with Crippen LogP contribution in [0.1, 0.15) is 20.7 Å². The summed E-state index contributed by atoms with van der Waals surface area (Å²) in [5, 5.41) is 0. The molecule has 0 N–H and O–H groups in total. The molecule has 0 heterocycles. The van der Waals surface area contributed by atoms with Crippen molar-refractivity contribution in [2.45, 2.75) is 0 Å². The average Bonchev–Trinajstić information content (AvgIpc) is 2.71. The third-order valence-corrected chi connectivity index (χ3v) is 3.56. The lowest BCUT2D eigenvalue weighted by Crippen LogP contribution is -2.26. The Morgan fingerprint density at radius 1 is 0.577 bits per heavy atom. The summed E-state index contributed by atoms with van der Waals surface area (Å²) >= 11 is 0. The Labute approximate surface area is 150 Å². The molecule has 0 atom stereocenters. The Balaban J connectivity index is 2.71. The lowest BCUT2D eigenvalue weighted by Gasteiger charge is -2.11. The maximum Gasteiger partial charge on any atom is 0.342 e. The van der Waals surface area contributed by atoms with Crippen molar-refractivity contribution in [2.24, 2.45) is 0 Å². The molecule has 0 saturated carbocycles. The molecule has 0 bridgehead atoms. The molecular formula is C20H16O6. The van der Waals surface area contributed by atoms with Crippen molar-refractivity contribution in [1.82, 2.24) is 0 Å². The highest BCUT2D eigenvalue weighted by molar-refractivity contribution is 6.36. The number of carbonyl (C=O) groups is 4. The number of rotatable bonds is 6. The first-order valence-corrected chi connectivity index (χ1v) is 7.61. The molecule has 26 heavy (non-hydrogen) atoms. The van der Waals surface area contributed by atoms with Gasteiger partial charge in [0.25, 0.3) is 0 Å². The maximum atomic E-state index is 12.8. The van der Waals surface area contributed by atoms with Crippen LogP contribution in [0.2, 0.25) is 0 Å². The molecule has 2 rings (SSSR count). The second kappa shape index (κ2) is 8.53. The van der Waals surface area contributed by atoms with Crippen molar-refractivity contribution in [3.8, 4) is 0 Å². The molecule has 6 heteroatoms. The molecule has 2 aromatic carbocycles. The van der Waals surface area contributed by atoms with Gasteiger partial charge in [-0.3, -0.25) is 9.59 Å². The number of Topliss-reactive ketones (excluding diaryl/α,β-unsaturated/α-hetero) is 2. The molecular weight excluding hydrogens is 336 g/mol. The van der Waals surface area contributed by atoms with Crippen LogP contribution in [0.15, 0.2) is 71.8 Å². The zero-order valence-corrected chi connectivity index (χ0v) is 14.2. The van der Waals surface area contributed by atoms with Crippen LogP contribution < -0.4 is 0 Å². The fourth-order valence-electron chi connectivity index (χ4n) is 2.29.